The smallest absolute Gasteiger partial charge is 0.235 e. The molecule has 1 atom stereocenters. The summed E-state index contributed by atoms with van der Waals surface area (Å²) in [5.74, 6) is 5.21. The molecule has 22 heavy (non-hydrogen) atoms. The number of hydrogen-bond acceptors (Lipinski definition) is 5. The van der Waals surface area contributed by atoms with Gasteiger partial charge in [-0.15, -0.1) is 0 Å². The van der Waals surface area contributed by atoms with Gasteiger partial charge in [-0.05, 0) is 24.3 Å². The number of nitrogens with zero attached hydrogens (tertiary/aromatic N) is 2. The fourth-order valence-corrected chi connectivity index (χ4v) is 3.41. The lowest BCUT2D eigenvalue weighted by Gasteiger charge is -2.20. The van der Waals surface area contributed by atoms with Crippen LogP contribution in [0.2, 0.25) is 0 Å². The lowest BCUT2D eigenvalue weighted by Crippen LogP contribution is -2.43. The van der Waals surface area contributed by atoms with E-state index in [1.54, 1.807) is 61.7 Å². The number of nitrogens with two attached hydrogens (primary N) is 1. The fraction of sp³-hybridized carbons (Fsp3) is 0.200. The summed E-state index contributed by atoms with van der Waals surface area (Å²) in [5, 5.41) is 8.14. The van der Waals surface area contributed by atoms with E-state index in [-0.39, 0.29) is 11.7 Å². The Kier molecular flexibility index (Phi) is 4.89. The van der Waals surface area contributed by atoms with Crippen LogP contribution in [0.15, 0.2) is 54.7 Å². The van der Waals surface area contributed by atoms with Crippen molar-refractivity contribution in [1.82, 2.24) is 4.98 Å². The highest BCUT2D eigenvalue weighted by atomic mass is 32.2. The average Bonchev–Trinajstić information content (AvgIpc) is 2.54. The van der Waals surface area contributed by atoms with Crippen molar-refractivity contribution < 1.29 is 8.42 Å². The van der Waals surface area contributed by atoms with Gasteiger partial charge in [0.2, 0.25) is 15.0 Å². The molecule has 0 saturated heterocycles. The zero-order valence-electron chi connectivity index (χ0n) is 12.2. The second kappa shape index (κ2) is 6.67. The van der Waals surface area contributed by atoms with Crippen LogP contribution >= 0.6 is 0 Å². The molecule has 0 saturated carbocycles. The maximum Gasteiger partial charge on any atom is 0.235 e. The minimum Gasteiger partial charge on any atom is -0.273 e. The van der Waals surface area contributed by atoms with Crippen LogP contribution in [-0.4, -0.2) is 24.3 Å². The molecule has 2 rings (SSSR count). The minimum atomic E-state index is -3.81. The molecule has 1 aromatic heterocycles. The highest BCUT2D eigenvalue weighted by molar-refractivity contribution is 8.06. The number of aromatic nitrogens is 1. The van der Waals surface area contributed by atoms with E-state index in [1.807, 2.05) is 0 Å². The summed E-state index contributed by atoms with van der Waals surface area (Å²) in [6, 6.07) is 13.9. The van der Waals surface area contributed by atoms with Gasteiger partial charge < -0.3 is 0 Å². The Morgan fingerprint density at radius 3 is 2.45 bits per heavy atom. The summed E-state index contributed by atoms with van der Waals surface area (Å²) in [4.78, 5) is 4.15. The van der Waals surface area contributed by atoms with Crippen molar-refractivity contribution in [2.75, 3.05) is 10.8 Å². The topological polar surface area (TPSA) is 100 Å². The van der Waals surface area contributed by atoms with Crippen LogP contribution in [0.5, 0.6) is 0 Å². The number of anilines is 1. The average molecular weight is 318 g/mol. The summed E-state index contributed by atoms with van der Waals surface area (Å²) in [5.41, 5.74) is 1.11. The summed E-state index contributed by atoms with van der Waals surface area (Å²) in [6.45, 7) is 1.76. The van der Waals surface area contributed by atoms with Gasteiger partial charge in [-0.2, -0.15) is 0 Å². The zero-order valence-corrected chi connectivity index (χ0v) is 13.0. The van der Waals surface area contributed by atoms with Gasteiger partial charge in [-0.1, -0.05) is 31.2 Å². The highest BCUT2D eigenvalue weighted by Crippen LogP contribution is 2.18. The zero-order chi connectivity index (χ0) is 16.2. The van der Waals surface area contributed by atoms with Crippen LogP contribution in [0.4, 0.5) is 5.69 Å². The molecule has 0 amide bonds. The van der Waals surface area contributed by atoms with Crippen molar-refractivity contribution in [2.24, 2.45) is 5.84 Å². The molecule has 0 unspecified atom stereocenters. The molecule has 3 N–H and O–H groups in total. The molecule has 0 aliphatic rings. The number of para-hydroxylation sites is 1. The van der Waals surface area contributed by atoms with Gasteiger partial charge in [-0.3, -0.25) is 15.4 Å². The van der Waals surface area contributed by atoms with E-state index in [2.05, 4.69) is 4.98 Å². The Balaban J connectivity index is 2.15. The van der Waals surface area contributed by atoms with Gasteiger partial charge in [0.15, 0.2) is 0 Å². The SMILES string of the molecule is C[C@H](CS(=O)(=O)C(=N)N(N)c1ccccc1)c1ccccn1. The molecule has 6 nitrogen and oxygen atoms in total. The van der Waals surface area contributed by atoms with E-state index in [9.17, 15) is 8.42 Å². The Morgan fingerprint density at radius 1 is 1.23 bits per heavy atom. The molecule has 1 aromatic carbocycles. The molecule has 0 fully saturated rings. The van der Waals surface area contributed by atoms with Crippen LogP contribution in [0.1, 0.15) is 18.5 Å². The van der Waals surface area contributed by atoms with Gasteiger partial charge in [0.25, 0.3) is 0 Å². The third-order valence-corrected chi connectivity index (χ3v) is 4.93. The second-order valence-electron chi connectivity index (χ2n) is 4.95. The van der Waals surface area contributed by atoms with E-state index in [0.717, 1.165) is 5.01 Å². The largest absolute Gasteiger partial charge is 0.273 e. The lowest BCUT2D eigenvalue weighted by atomic mass is 10.1. The number of hydrogen-bond donors (Lipinski definition) is 2. The number of amidine groups is 1. The van der Waals surface area contributed by atoms with E-state index < -0.39 is 15.0 Å². The van der Waals surface area contributed by atoms with Gasteiger partial charge >= 0.3 is 0 Å². The molecular weight excluding hydrogens is 300 g/mol. The molecular formula is C15H18N4O2S. The number of benzene rings is 1. The third kappa shape index (κ3) is 3.69. The Morgan fingerprint density at radius 2 is 1.86 bits per heavy atom. The molecule has 0 bridgehead atoms. The van der Waals surface area contributed by atoms with E-state index >= 15 is 0 Å². The van der Waals surface area contributed by atoms with Crippen molar-refractivity contribution in [3.63, 3.8) is 0 Å². The van der Waals surface area contributed by atoms with Crippen molar-refractivity contribution in [1.29, 1.82) is 5.41 Å². The fourth-order valence-electron chi connectivity index (χ4n) is 2.02. The van der Waals surface area contributed by atoms with E-state index in [1.165, 1.54) is 0 Å². The molecule has 0 aliphatic heterocycles. The normalized spacial score (nSPS) is 12.6. The van der Waals surface area contributed by atoms with Crippen molar-refractivity contribution in [3.05, 3.63) is 60.4 Å². The van der Waals surface area contributed by atoms with E-state index in [4.69, 9.17) is 11.3 Å². The molecule has 0 aliphatic carbocycles. The first kappa shape index (κ1) is 16.1. The van der Waals surface area contributed by atoms with Crippen molar-refractivity contribution in [2.45, 2.75) is 12.8 Å². The van der Waals surface area contributed by atoms with Gasteiger partial charge in [0.1, 0.15) is 0 Å². The molecule has 0 radical (unpaired) electrons. The predicted octanol–water partition coefficient (Wildman–Crippen LogP) is 1.91. The Labute approximate surface area is 130 Å². The summed E-state index contributed by atoms with van der Waals surface area (Å²) >= 11 is 0. The summed E-state index contributed by atoms with van der Waals surface area (Å²) in [6.07, 6.45) is 1.61. The molecule has 7 heteroatoms. The highest BCUT2D eigenvalue weighted by Gasteiger charge is 2.26. The van der Waals surface area contributed by atoms with Crippen LogP contribution in [0.25, 0.3) is 0 Å². The van der Waals surface area contributed by atoms with E-state index in [0.29, 0.717) is 11.4 Å². The summed E-state index contributed by atoms with van der Waals surface area (Å²) < 4.78 is 24.7. The number of rotatable bonds is 4. The van der Waals surface area contributed by atoms with Crippen molar-refractivity contribution >= 4 is 20.7 Å². The summed E-state index contributed by atoms with van der Waals surface area (Å²) in [7, 11) is -3.81. The first-order valence-corrected chi connectivity index (χ1v) is 8.39. The van der Waals surface area contributed by atoms with Gasteiger partial charge in [0.05, 0.1) is 11.4 Å². The molecule has 1 heterocycles. The van der Waals surface area contributed by atoms with Gasteiger partial charge in [-0.25, -0.2) is 14.3 Å². The van der Waals surface area contributed by atoms with Crippen LogP contribution in [0.3, 0.4) is 0 Å². The maximum absolute atomic E-state index is 12.4. The number of sulfone groups is 1. The number of hydrazine groups is 1. The third-order valence-electron chi connectivity index (χ3n) is 3.21. The van der Waals surface area contributed by atoms with Crippen LogP contribution in [0, 0.1) is 5.41 Å². The molecule has 2 aromatic rings. The van der Waals surface area contributed by atoms with Gasteiger partial charge in [0, 0.05) is 17.8 Å². The lowest BCUT2D eigenvalue weighted by molar-refractivity contribution is 0.599. The maximum atomic E-state index is 12.4. The first-order valence-electron chi connectivity index (χ1n) is 6.74. The second-order valence-corrected chi connectivity index (χ2v) is 6.90. The molecule has 0 spiro atoms. The molecule has 116 valence electrons. The van der Waals surface area contributed by atoms with Crippen LogP contribution < -0.4 is 10.9 Å². The van der Waals surface area contributed by atoms with Crippen LogP contribution in [-0.2, 0) is 9.84 Å². The standard InChI is InChI=1S/C15H18N4O2S/c1-12(14-9-5-6-10-18-14)11-22(20,21)15(16)19(17)13-7-3-2-4-8-13/h2-10,12,16H,11,17H2,1H3/t12-/m1/s1. The Hall–Kier alpha value is -2.25. The predicted molar refractivity (Wildman–Crippen MR) is 87.3 cm³/mol. The minimum absolute atomic E-state index is 0.219. The monoisotopic (exact) mass is 318 g/mol. The quantitative estimate of drug-likeness (QED) is 0.388. The first-order chi connectivity index (χ1) is 10.4. The number of pyridine rings is 1. The number of nitrogens with one attached hydrogen (secondary N) is 1. The van der Waals surface area contributed by atoms with Crippen molar-refractivity contribution in [3.8, 4) is 0 Å². The Bertz CT molecular complexity index is 733.